The van der Waals surface area contributed by atoms with Gasteiger partial charge in [0.05, 0.1) is 13.5 Å². The summed E-state index contributed by atoms with van der Waals surface area (Å²) in [5, 5.41) is 0. The Morgan fingerprint density at radius 2 is 1.75 bits per heavy atom. The molecular formula is C17H18O3. The lowest BCUT2D eigenvalue weighted by Crippen LogP contribution is -2.06. The Bertz CT molecular complexity index is 563. The summed E-state index contributed by atoms with van der Waals surface area (Å²) in [6.07, 6.45) is 0.366. The molecule has 0 aromatic heterocycles. The van der Waals surface area contributed by atoms with E-state index in [1.54, 1.807) is 0 Å². The molecule has 104 valence electrons. The van der Waals surface area contributed by atoms with E-state index in [9.17, 15) is 4.79 Å². The van der Waals surface area contributed by atoms with E-state index in [4.69, 9.17) is 9.47 Å². The third-order valence-electron chi connectivity index (χ3n) is 3.11. The molecule has 0 aliphatic heterocycles. The van der Waals surface area contributed by atoms with Crippen LogP contribution in [0.4, 0.5) is 0 Å². The van der Waals surface area contributed by atoms with Crippen LogP contribution in [0.15, 0.2) is 54.6 Å². The summed E-state index contributed by atoms with van der Waals surface area (Å²) in [5.41, 5.74) is 1.06. The Morgan fingerprint density at radius 1 is 1.05 bits per heavy atom. The Balaban J connectivity index is 2.09. The van der Waals surface area contributed by atoms with Crippen LogP contribution in [0.2, 0.25) is 0 Å². The highest BCUT2D eigenvalue weighted by atomic mass is 16.5. The number of methoxy groups -OCH3 is 1. The molecule has 0 N–H and O–H groups in total. The molecule has 0 saturated heterocycles. The lowest BCUT2D eigenvalue weighted by atomic mass is 9.98. The topological polar surface area (TPSA) is 35.5 Å². The van der Waals surface area contributed by atoms with Crippen molar-refractivity contribution in [1.82, 2.24) is 0 Å². The summed E-state index contributed by atoms with van der Waals surface area (Å²) in [7, 11) is 1.41. The van der Waals surface area contributed by atoms with Gasteiger partial charge in [-0.1, -0.05) is 37.3 Å². The average Bonchev–Trinajstić information content (AvgIpc) is 2.48. The third-order valence-corrected chi connectivity index (χ3v) is 3.11. The number of benzene rings is 2. The molecule has 0 aliphatic carbocycles. The van der Waals surface area contributed by atoms with Gasteiger partial charge in [0.25, 0.3) is 0 Å². The van der Waals surface area contributed by atoms with Crippen LogP contribution in [0.5, 0.6) is 11.5 Å². The van der Waals surface area contributed by atoms with E-state index in [0.717, 1.165) is 17.1 Å². The molecule has 2 aromatic rings. The lowest BCUT2D eigenvalue weighted by molar-refractivity contribution is -0.140. The maximum atomic E-state index is 11.3. The molecule has 1 atom stereocenters. The van der Waals surface area contributed by atoms with Crippen molar-refractivity contribution in [2.45, 2.75) is 19.3 Å². The first kappa shape index (κ1) is 14.1. The van der Waals surface area contributed by atoms with Gasteiger partial charge in [-0.3, -0.25) is 4.79 Å². The fraction of sp³-hybridized carbons (Fsp3) is 0.235. The molecule has 2 aromatic carbocycles. The number of rotatable bonds is 5. The predicted octanol–water partition coefficient (Wildman–Crippen LogP) is 4.15. The van der Waals surface area contributed by atoms with Crippen LogP contribution < -0.4 is 4.74 Å². The van der Waals surface area contributed by atoms with Gasteiger partial charge in [-0.2, -0.15) is 0 Å². The summed E-state index contributed by atoms with van der Waals surface area (Å²) in [6, 6.07) is 17.4. The van der Waals surface area contributed by atoms with Gasteiger partial charge < -0.3 is 9.47 Å². The molecule has 0 radical (unpaired) electrons. The zero-order chi connectivity index (χ0) is 14.4. The molecule has 20 heavy (non-hydrogen) atoms. The van der Waals surface area contributed by atoms with Crippen molar-refractivity contribution in [3.8, 4) is 11.5 Å². The first-order valence-electron chi connectivity index (χ1n) is 6.58. The molecule has 0 amide bonds. The number of hydrogen-bond donors (Lipinski definition) is 0. The van der Waals surface area contributed by atoms with Gasteiger partial charge in [0, 0.05) is 0 Å². The highest BCUT2D eigenvalue weighted by Crippen LogP contribution is 2.26. The van der Waals surface area contributed by atoms with Crippen LogP contribution in [0.1, 0.15) is 24.8 Å². The minimum atomic E-state index is -0.202. The lowest BCUT2D eigenvalue weighted by Gasteiger charge is -2.12. The maximum absolute atomic E-state index is 11.3. The van der Waals surface area contributed by atoms with E-state index in [2.05, 4.69) is 0 Å². The third kappa shape index (κ3) is 3.85. The molecular weight excluding hydrogens is 252 g/mol. The Hall–Kier alpha value is -2.29. The van der Waals surface area contributed by atoms with Crippen molar-refractivity contribution in [2.24, 2.45) is 0 Å². The van der Waals surface area contributed by atoms with Crippen LogP contribution in [0.25, 0.3) is 0 Å². The van der Waals surface area contributed by atoms with E-state index in [0.29, 0.717) is 6.42 Å². The SMILES string of the molecule is COC(=O)CC(C)c1cccc(Oc2ccccc2)c1. The normalized spacial score (nSPS) is 11.7. The summed E-state index contributed by atoms with van der Waals surface area (Å²) in [4.78, 5) is 11.3. The minimum Gasteiger partial charge on any atom is -0.469 e. The van der Waals surface area contributed by atoms with Crippen LogP contribution in [0, 0.1) is 0 Å². The molecule has 0 bridgehead atoms. The number of esters is 1. The molecule has 2 rings (SSSR count). The summed E-state index contributed by atoms with van der Waals surface area (Å²) in [5.74, 6) is 1.46. The summed E-state index contributed by atoms with van der Waals surface area (Å²) >= 11 is 0. The van der Waals surface area contributed by atoms with Crippen molar-refractivity contribution in [2.75, 3.05) is 7.11 Å². The van der Waals surface area contributed by atoms with Crippen molar-refractivity contribution in [3.05, 3.63) is 60.2 Å². The number of para-hydroxylation sites is 1. The quantitative estimate of drug-likeness (QED) is 0.766. The Labute approximate surface area is 119 Å². The first-order chi connectivity index (χ1) is 9.69. The van der Waals surface area contributed by atoms with Gasteiger partial charge >= 0.3 is 5.97 Å². The fourth-order valence-electron chi connectivity index (χ4n) is 1.96. The van der Waals surface area contributed by atoms with Gasteiger partial charge in [-0.25, -0.2) is 0 Å². The monoisotopic (exact) mass is 270 g/mol. The zero-order valence-electron chi connectivity index (χ0n) is 11.7. The molecule has 0 saturated carbocycles. The largest absolute Gasteiger partial charge is 0.469 e. The molecule has 3 heteroatoms. The van der Waals surface area contributed by atoms with Crippen molar-refractivity contribution in [3.63, 3.8) is 0 Å². The number of carbonyl (C=O) groups is 1. The summed E-state index contributed by atoms with van der Waals surface area (Å²) in [6.45, 7) is 2.00. The zero-order valence-corrected chi connectivity index (χ0v) is 11.7. The molecule has 0 spiro atoms. The highest BCUT2D eigenvalue weighted by molar-refractivity contribution is 5.70. The molecule has 0 fully saturated rings. The van der Waals surface area contributed by atoms with Crippen molar-refractivity contribution < 1.29 is 14.3 Å². The van der Waals surface area contributed by atoms with Crippen LogP contribution in [0.3, 0.4) is 0 Å². The second-order valence-corrected chi connectivity index (χ2v) is 4.67. The second kappa shape index (κ2) is 6.75. The van der Waals surface area contributed by atoms with E-state index in [1.807, 2.05) is 61.5 Å². The van der Waals surface area contributed by atoms with E-state index in [1.165, 1.54) is 7.11 Å². The van der Waals surface area contributed by atoms with Gasteiger partial charge in [0.15, 0.2) is 0 Å². The fourth-order valence-corrected chi connectivity index (χ4v) is 1.96. The van der Waals surface area contributed by atoms with E-state index >= 15 is 0 Å². The highest BCUT2D eigenvalue weighted by Gasteiger charge is 2.12. The van der Waals surface area contributed by atoms with Crippen LogP contribution >= 0.6 is 0 Å². The van der Waals surface area contributed by atoms with Crippen molar-refractivity contribution >= 4 is 5.97 Å². The van der Waals surface area contributed by atoms with Gasteiger partial charge in [0.2, 0.25) is 0 Å². The van der Waals surface area contributed by atoms with Crippen molar-refractivity contribution in [1.29, 1.82) is 0 Å². The smallest absolute Gasteiger partial charge is 0.306 e. The molecule has 3 nitrogen and oxygen atoms in total. The van der Waals surface area contributed by atoms with Crippen LogP contribution in [-0.4, -0.2) is 13.1 Å². The standard InChI is InChI=1S/C17H18O3/c1-13(11-17(18)19-2)14-7-6-10-16(12-14)20-15-8-4-3-5-9-15/h3-10,12-13H,11H2,1-2H3. The Kier molecular flexibility index (Phi) is 4.77. The first-order valence-corrected chi connectivity index (χ1v) is 6.58. The van der Waals surface area contributed by atoms with Gasteiger partial charge in [0.1, 0.15) is 11.5 Å². The minimum absolute atomic E-state index is 0.0989. The average molecular weight is 270 g/mol. The van der Waals surface area contributed by atoms with Gasteiger partial charge in [-0.15, -0.1) is 0 Å². The molecule has 0 heterocycles. The maximum Gasteiger partial charge on any atom is 0.306 e. The number of hydrogen-bond acceptors (Lipinski definition) is 3. The summed E-state index contributed by atoms with van der Waals surface area (Å²) < 4.78 is 10.5. The number of carbonyl (C=O) groups excluding carboxylic acids is 1. The molecule has 0 aliphatic rings. The van der Waals surface area contributed by atoms with E-state index in [-0.39, 0.29) is 11.9 Å². The number of ether oxygens (including phenoxy) is 2. The molecule has 1 unspecified atom stereocenters. The van der Waals surface area contributed by atoms with Gasteiger partial charge in [-0.05, 0) is 35.7 Å². The van der Waals surface area contributed by atoms with E-state index < -0.39 is 0 Å². The van der Waals surface area contributed by atoms with Crippen LogP contribution in [-0.2, 0) is 9.53 Å². The second-order valence-electron chi connectivity index (χ2n) is 4.67. The Morgan fingerprint density at radius 3 is 2.45 bits per heavy atom. The predicted molar refractivity (Wildman–Crippen MR) is 78.0 cm³/mol.